The number of rotatable bonds is 4. The minimum absolute atomic E-state index is 0.225. The summed E-state index contributed by atoms with van der Waals surface area (Å²) in [5.41, 5.74) is 1.93. The summed E-state index contributed by atoms with van der Waals surface area (Å²) >= 11 is 0. The maximum Gasteiger partial charge on any atom is 0.261 e. The molecule has 1 aromatic heterocycles. The van der Waals surface area contributed by atoms with Crippen LogP contribution in [0.4, 0.5) is 0 Å². The summed E-state index contributed by atoms with van der Waals surface area (Å²) in [5.74, 6) is 0.0723. The third kappa shape index (κ3) is 2.38. The fourth-order valence-corrected chi connectivity index (χ4v) is 2.40. The molecule has 5 nitrogen and oxygen atoms in total. The van der Waals surface area contributed by atoms with Crippen molar-refractivity contribution in [2.45, 2.75) is 6.42 Å². The van der Waals surface area contributed by atoms with E-state index < -0.39 is 0 Å². The van der Waals surface area contributed by atoms with Crippen LogP contribution in [-0.4, -0.2) is 35.4 Å². The minimum Gasteiger partial charge on any atom is -0.481 e. The molecule has 1 aliphatic heterocycles. The molecule has 106 valence electrons. The minimum atomic E-state index is -0.225. The van der Waals surface area contributed by atoms with Crippen LogP contribution in [0.25, 0.3) is 0 Å². The van der Waals surface area contributed by atoms with E-state index in [1.807, 2.05) is 6.07 Å². The van der Waals surface area contributed by atoms with Gasteiger partial charge in [-0.25, -0.2) is 4.98 Å². The number of amides is 2. The van der Waals surface area contributed by atoms with Crippen molar-refractivity contribution < 1.29 is 14.3 Å². The Balaban J connectivity index is 1.75. The fraction of sp³-hybridized carbons (Fsp3) is 0.188. The van der Waals surface area contributed by atoms with Crippen LogP contribution in [0.3, 0.4) is 0 Å². The molecule has 2 amide bonds. The molecule has 21 heavy (non-hydrogen) atoms. The average molecular weight is 282 g/mol. The zero-order valence-electron chi connectivity index (χ0n) is 11.6. The molecule has 0 atom stereocenters. The Labute approximate surface area is 122 Å². The van der Waals surface area contributed by atoms with Crippen molar-refractivity contribution in [2.75, 3.05) is 13.7 Å². The van der Waals surface area contributed by atoms with Crippen LogP contribution in [0.1, 0.15) is 26.3 Å². The number of imide groups is 1. The van der Waals surface area contributed by atoms with Crippen molar-refractivity contribution >= 4 is 11.8 Å². The van der Waals surface area contributed by atoms with Crippen molar-refractivity contribution in [1.29, 1.82) is 0 Å². The Morgan fingerprint density at radius 1 is 1.10 bits per heavy atom. The van der Waals surface area contributed by atoms with Gasteiger partial charge in [-0.2, -0.15) is 0 Å². The summed E-state index contributed by atoms with van der Waals surface area (Å²) < 4.78 is 5.06. The van der Waals surface area contributed by atoms with E-state index in [0.717, 1.165) is 5.56 Å². The normalized spacial score (nSPS) is 13.5. The van der Waals surface area contributed by atoms with Gasteiger partial charge in [0.25, 0.3) is 11.8 Å². The molecule has 3 rings (SSSR count). The molecule has 0 radical (unpaired) electrons. The number of hydrogen-bond acceptors (Lipinski definition) is 4. The summed E-state index contributed by atoms with van der Waals surface area (Å²) in [4.78, 5) is 29.8. The molecular weight excluding hydrogens is 268 g/mol. The van der Waals surface area contributed by atoms with E-state index in [2.05, 4.69) is 4.98 Å². The molecule has 0 spiro atoms. The Morgan fingerprint density at radius 2 is 1.76 bits per heavy atom. The summed E-state index contributed by atoms with van der Waals surface area (Å²) in [6, 6.07) is 10.6. The summed E-state index contributed by atoms with van der Waals surface area (Å²) in [6.45, 7) is 0.347. The quantitative estimate of drug-likeness (QED) is 0.804. The predicted octanol–water partition coefficient (Wildman–Crippen LogP) is 1.93. The molecule has 2 heterocycles. The van der Waals surface area contributed by atoms with Crippen molar-refractivity contribution in [3.8, 4) is 5.88 Å². The van der Waals surface area contributed by atoms with Gasteiger partial charge in [-0.05, 0) is 30.2 Å². The first kappa shape index (κ1) is 13.3. The van der Waals surface area contributed by atoms with Gasteiger partial charge in [0.05, 0.1) is 18.2 Å². The van der Waals surface area contributed by atoms with Crippen LogP contribution < -0.4 is 4.74 Å². The lowest BCUT2D eigenvalue weighted by Crippen LogP contribution is -2.31. The lowest BCUT2D eigenvalue weighted by Gasteiger charge is -2.13. The standard InChI is InChI=1S/C16H14N2O3/c1-21-14-10-11(6-8-17-14)7-9-18-15(19)12-4-2-3-5-13(12)16(18)20/h2-6,8,10H,7,9H2,1H3. The second-order valence-electron chi connectivity index (χ2n) is 4.76. The van der Waals surface area contributed by atoms with Crippen molar-refractivity contribution in [2.24, 2.45) is 0 Å². The Hall–Kier alpha value is -2.69. The van der Waals surface area contributed by atoms with Crippen LogP contribution >= 0.6 is 0 Å². The third-order valence-corrected chi connectivity index (χ3v) is 3.51. The fourth-order valence-electron chi connectivity index (χ4n) is 2.40. The van der Waals surface area contributed by atoms with Crippen LogP contribution in [0.5, 0.6) is 5.88 Å². The van der Waals surface area contributed by atoms with Gasteiger partial charge in [-0.1, -0.05) is 12.1 Å². The number of methoxy groups -OCH3 is 1. The molecule has 1 aromatic carbocycles. The highest BCUT2D eigenvalue weighted by Gasteiger charge is 2.34. The SMILES string of the molecule is COc1cc(CCN2C(=O)c3ccccc3C2=O)ccn1. The Kier molecular flexibility index (Phi) is 3.39. The number of pyridine rings is 1. The Morgan fingerprint density at radius 3 is 2.38 bits per heavy atom. The summed E-state index contributed by atoms with van der Waals surface area (Å²) in [7, 11) is 1.55. The number of hydrogen-bond donors (Lipinski definition) is 0. The van der Waals surface area contributed by atoms with Gasteiger partial charge in [-0.15, -0.1) is 0 Å². The molecule has 0 saturated carbocycles. The Bertz CT molecular complexity index is 677. The average Bonchev–Trinajstić information content (AvgIpc) is 2.78. The van der Waals surface area contributed by atoms with E-state index >= 15 is 0 Å². The van der Waals surface area contributed by atoms with Crippen molar-refractivity contribution in [3.63, 3.8) is 0 Å². The van der Waals surface area contributed by atoms with Gasteiger partial charge in [0.2, 0.25) is 5.88 Å². The molecule has 1 aliphatic rings. The number of carbonyl (C=O) groups excluding carboxylic acids is 2. The highest BCUT2D eigenvalue weighted by molar-refractivity contribution is 6.21. The maximum absolute atomic E-state index is 12.2. The van der Waals surface area contributed by atoms with E-state index in [0.29, 0.717) is 30.0 Å². The van der Waals surface area contributed by atoms with Crippen molar-refractivity contribution in [3.05, 3.63) is 59.3 Å². The van der Waals surface area contributed by atoms with Gasteiger partial charge >= 0.3 is 0 Å². The number of carbonyl (C=O) groups is 2. The maximum atomic E-state index is 12.2. The van der Waals surface area contributed by atoms with E-state index in [4.69, 9.17) is 4.74 Å². The predicted molar refractivity (Wildman–Crippen MR) is 76.3 cm³/mol. The van der Waals surface area contributed by atoms with E-state index in [1.54, 1.807) is 43.6 Å². The van der Waals surface area contributed by atoms with Gasteiger partial charge in [0.15, 0.2) is 0 Å². The molecule has 0 unspecified atom stereocenters. The second-order valence-corrected chi connectivity index (χ2v) is 4.76. The monoisotopic (exact) mass is 282 g/mol. The van der Waals surface area contributed by atoms with Gasteiger partial charge in [0, 0.05) is 18.8 Å². The van der Waals surface area contributed by atoms with Gasteiger partial charge in [-0.3, -0.25) is 14.5 Å². The van der Waals surface area contributed by atoms with Gasteiger partial charge < -0.3 is 4.74 Å². The lowest BCUT2D eigenvalue weighted by molar-refractivity contribution is 0.0656. The molecule has 2 aromatic rings. The van der Waals surface area contributed by atoms with Gasteiger partial charge in [0.1, 0.15) is 0 Å². The first-order valence-electron chi connectivity index (χ1n) is 6.65. The molecule has 0 aliphatic carbocycles. The zero-order chi connectivity index (χ0) is 14.8. The highest BCUT2D eigenvalue weighted by Crippen LogP contribution is 2.22. The van der Waals surface area contributed by atoms with Crippen LogP contribution in [-0.2, 0) is 6.42 Å². The lowest BCUT2D eigenvalue weighted by atomic mass is 10.1. The van der Waals surface area contributed by atoms with E-state index in [-0.39, 0.29) is 11.8 Å². The molecule has 0 saturated heterocycles. The smallest absolute Gasteiger partial charge is 0.261 e. The third-order valence-electron chi connectivity index (χ3n) is 3.51. The number of benzene rings is 1. The molecule has 5 heteroatoms. The molecule has 0 fully saturated rings. The van der Waals surface area contributed by atoms with Crippen LogP contribution in [0, 0.1) is 0 Å². The highest BCUT2D eigenvalue weighted by atomic mass is 16.5. The molecule has 0 bridgehead atoms. The van der Waals surface area contributed by atoms with E-state index in [1.165, 1.54) is 4.90 Å². The zero-order valence-corrected chi connectivity index (χ0v) is 11.6. The molecular formula is C16H14N2O3. The largest absolute Gasteiger partial charge is 0.481 e. The first-order valence-corrected chi connectivity index (χ1v) is 6.65. The second kappa shape index (κ2) is 5.36. The molecule has 0 N–H and O–H groups in total. The number of aromatic nitrogens is 1. The summed E-state index contributed by atoms with van der Waals surface area (Å²) in [6.07, 6.45) is 2.22. The van der Waals surface area contributed by atoms with Crippen LogP contribution in [0.15, 0.2) is 42.6 Å². The van der Waals surface area contributed by atoms with Crippen molar-refractivity contribution in [1.82, 2.24) is 9.88 Å². The summed E-state index contributed by atoms with van der Waals surface area (Å²) in [5, 5.41) is 0. The van der Waals surface area contributed by atoms with Crippen LogP contribution in [0.2, 0.25) is 0 Å². The first-order chi connectivity index (χ1) is 10.2. The number of ether oxygens (including phenoxy) is 1. The topological polar surface area (TPSA) is 59.5 Å². The number of fused-ring (bicyclic) bond motifs is 1. The number of nitrogens with zero attached hydrogens (tertiary/aromatic N) is 2. The van der Waals surface area contributed by atoms with E-state index in [9.17, 15) is 9.59 Å².